The number of imidazole rings is 1. The lowest BCUT2D eigenvalue weighted by molar-refractivity contribution is 0.0714. The van der Waals surface area contributed by atoms with Gasteiger partial charge < -0.3 is 34.3 Å². The van der Waals surface area contributed by atoms with Crippen LogP contribution in [-0.2, 0) is 20.0 Å². The molecule has 2 aromatic carbocycles. The van der Waals surface area contributed by atoms with Crippen LogP contribution in [0.2, 0.25) is 0 Å². The van der Waals surface area contributed by atoms with Crippen molar-refractivity contribution in [1.82, 2.24) is 24.3 Å². The Morgan fingerprint density at radius 1 is 1.27 bits per heavy atom. The quantitative estimate of drug-likeness (QED) is 0.269. The summed E-state index contributed by atoms with van der Waals surface area (Å²) in [5.74, 6) is 1.82. The van der Waals surface area contributed by atoms with Gasteiger partial charge in [0.25, 0.3) is 5.91 Å². The van der Waals surface area contributed by atoms with Gasteiger partial charge in [-0.05, 0) is 61.9 Å². The first-order chi connectivity index (χ1) is 19.7. The lowest BCUT2D eigenvalue weighted by Gasteiger charge is -2.31. The fraction of sp³-hybridized carbons (Fsp3) is 0.433. The molecule has 1 aliphatic heterocycles. The van der Waals surface area contributed by atoms with Crippen LogP contribution in [0.15, 0.2) is 36.4 Å². The molecule has 216 valence electrons. The van der Waals surface area contributed by atoms with Crippen LogP contribution in [0, 0.1) is 5.92 Å². The van der Waals surface area contributed by atoms with E-state index in [1.807, 2.05) is 25.2 Å². The van der Waals surface area contributed by atoms with E-state index in [4.69, 9.17) is 14.8 Å². The Labute approximate surface area is 236 Å². The molecule has 2 unspecified atom stereocenters. The number of nitrogens with zero attached hydrogens (tertiary/aromatic N) is 4. The summed E-state index contributed by atoms with van der Waals surface area (Å²) in [7, 11) is 1.97. The maximum absolute atomic E-state index is 13.4. The van der Waals surface area contributed by atoms with E-state index in [0.29, 0.717) is 30.0 Å². The second kappa shape index (κ2) is 10.7. The van der Waals surface area contributed by atoms with Gasteiger partial charge in [-0.15, -0.1) is 0 Å². The lowest BCUT2D eigenvalue weighted by Crippen LogP contribution is -2.48. The van der Waals surface area contributed by atoms with Gasteiger partial charge in [0.05, 0.1) is 34.4 Å². The molecule has 41 heavy (non-hydrogen) atoms. The maximum atomic E-state index is 13.4. The molecule has 11 heteroatoms. The molecule has 0 spiro atoms. The highest BCUT2D eigenvalue weighted by Gasteiger charge is 2.30. The topological polar surface area (TPSA) is 122 Å². The summed E-state index contributed by atoms with van der Waals surface area (Å²) in [6.45, 7) is 2.18. The van der Waals surface area contributed by atoms with Crippen LogP contribution in [0.1, 0.15) is 35.7 Å². The van der Waals surface area contributed by atoms with E-state index in [1.165, 1.54) is 17.7 Å². The van der Waals surface area contributed by atoms with Gasteiger partial charge in [-0.2, -0.15) is 0 Å². The Balaban J connectivity index is 1.39. The number of aliphatic hydroxyl groups is 1. The van der Waals surface area contributed by atoms with E-state index in [-0.39, 0.29) is 19.1 Å². The number of para-hydroxylation sites is 1. The minimum absolute atomic E-state index is 0.0344. The van der Waals surface area contributed by atoms with Crippen molar-refractivity contribution >= 4 is 33.9 Å². The molecule has 1 fully saturated rings. The van der Waals surface area contributed by atoms with E-state index in [0.717, 1.165) is 45.8 Å². The Bertz CT molecular complexity index is 1640. The summed E-state index contributed by atoms with van der Waals surface area (Å²) in [5, 5.41) is 22.0. The zero-order chi connectivity index (χ0) is 28.8. The number of rotatable bonds is 10. The van der Waals surface area contributed by atoms with Crippen LogP contribution in [0.3, 0.4) is 0 Å². The van der Waals surface area contributed by atoms with Gasteiger partial charge in [0.1, 0.15) is 19.0 Å². The average Bonchev–Trinajstić information content (AvgIpc) is 3.61. The molecule has 2 aliphatic rings. The fourth-order valence-electron chi connectivity index (χ4n) is 5.74. The van der Waals surface area contributed by atoms with Gasteiger partial charge in [0.15, 0.2) is 5.82 Å². The minimum atomic E-state index is -1.32. The standard InChI is InChI=1S/C30H34FN5O5/c1-17(37)16-41-26-5-3-4-20-11-25(36(27(20)26)14-18-6-7-18)28-33-23-12-22-19(10-24(23)34(28)2)8-9-35(29(22)38)15-21(13-31)32-30(39)40/h3-5,10-12,17-18,21,32,37H,6-9,13-16H2,1-2H3,(H,39,40). The highest BCUT2D eigenvalue weighted by atomic mass is 19.1. The van der Waals surface area contributed by atoms with Gasteiger partial charge in [-0.25, -0.2) is 14.2 Å². The number of aromatic nitrogens is 3. The molecule has 2 atom stereocenters. The molecule has 0 radical (unpaired) electrons. The molecule has 1 aliphatic carbocycles. The van der Waals surface area contributed by atoms with Gasteiger partial charge in [-0.3, -0.25) is 4.79 Å². The molecule has 4 aromatic rings. The molecular formula is C30H34FN5O5. The van der Waals surface area contributed by atoms with E-state index < -0.39 is 24.9 Å². The monoisotopic (exact) mass is 563 g/mol. The van der Waals surface area contributed by atoms with E-state index in [9.17, 15) is 19.1 Å². The molecule has 0 saturated heterocycles. The van der Waals surface area contributed by atoms with Gasteiger partial charge in [0.2, 0.25) is 0 Å². The predicted octanol–water partition coefficient (Wildman–Crippen LogP) is 3.97. The molecule has 6 rings (SSSR count). The van der Waals surface area contributed by atoms with Crippen molar-refractivity contribution in [3.05, 3.63) is 47.5 Å². The molecule has 2 amide bonds. The molecular weight excluding hydrogens is 529 g/mol. The van der Waals surface area contributed by atoms with E-state index in [1.54, 1.807) is 13.0 Å². The van der Waals surface area contributed by atoms with Crippen molar-refractivity contribution < 1.29 is 28.9 Å². The largest absolute Gasteiger partial charge is 0.489 e. The summed E-state index contributed by atoms with van der Waals surface area (Å²) in [6.07, 6.45) is 1.03. The van der Waals surface area contributed by atoms with Crippen LogP contribution >= 0.6 is 0 Å². The minimum Gasteiger partial charge on any atom is -0.489 e. The lowest BCUT2D eigenvalue weighted by atomic mass is 9.97. The fourth-order valence-corrected chi connectivity index (χ4v) is 5.74. The van der Waals surface area contributed by atoms with Crippen LogP contribution in [0.5, 0.6) is 5.75 Å². The van der Waals surface area contributed by atoms with Crippen molar-refractivity contribution in [3.63, 3.8) is 0 Å². The number of halogens is 1. The highest BCUT2D eigenvalue weighted by molar-refractivity contribution is 6.01. The number of hydrogen-bond acceptors (Lipinski definition) is 5. The molecule has 0 bridgehead atoms. The number of carbonyl (C=O) groups excluding carboxylic acids is 1. The van der Waals surface area contributed by atoms with E-state index >= 15 is 0 Å². The molecule has 3 heterocycles. The summed E-state index contributed by atoms with van der Waals surface area (Å²) in [6, 6.07) is 10.9. The first kappa shape index (κ1) is 27.1. The number of aliphatic hydroxyl groups excluding tert-OH is 1. The number of nitrogens with one attached hydrogen (secondary N) is 1. The first-order valence-electron chi connectivity index (χ1n) is 14.0. The van der Waals surface area contributed by atoms with Gasteiger partial charge in [0, 0.05) is 37.6 Å². The molecule has 3 N–H and O–H groups in total. The van der Waals surface area contributed by atoms with Crippen molar-refractivity contribution in [2.45, 2.75) is 44.9 Å². The van der Waals surface area contributed by atoms with Crippen molar-refractivity contribution in [3.8, 4) is 17.3 Å². The summed E-state index contributed by atoms with van der Waals surface area (Å²) >= 11 is 0. The third-order valence-corrected chi connectivity index (χ3v) is 7.96. The predicted molar refractivity (Wildman–Crippen MR) is 152 cm³/mol. The number of carboxylic acid groups (broad SMARTS) is 1. The Kier molecular flexibility index (Phi) is 7.06. The number of fused-ring (bicyclic) bond motifs is 3. The van der Waals surface area contributed by atoms with Crippen molar-refractivity contribution in [1.29, 1.82) is 0 Å². The SMILES string of the molecule is CC(O)COc1cccc2cc(-c3nc4cc5c(cc4n3C)CCN(CC(CF)NC(=O)O)C5=O)n(CC3CC3)c12. The number of aryl methyl sites for hydroxylation is 1. The zero-order valence-corrected chi connectivity index (χ0v) is 23.1. The molecule has 1 saturated carbocycles. The number of carbonyl (C=O) groups is 2. The smallest absolute Gasteiger partial charge is 0.405 e. The van der Waals surface area contributed by atoms with Crippen LogP contribution in [0.25, 0.3) is 33.5 Å². The Hall–Kier alpha value is -4.12. The second-order valence-corrected chi connectivity index (χ2v) is 11.2. The maximum Gasteiger partial charge on any atom is 0.405 e. The number of benzene rings is 2. The van der Waals surface area contributed by atoms with Gasteiger partial charge in [-0.1, -0.05) is 12.1 Å². The zero-order valence-electron chi connectivity index (χ0n) is 23.1. The van der Waals surface area contributed by atoms with Crippen LogP contribution in [-0.4, -0.2) is 79.7 Å². The van der Waals surface area contributed by atoms with Crippen LogP contribution in [0.4, 0.5) is 9.18 Å². The van der Waals surface area contributed by atoms with Crippen molar-refractivity contribution in [2.75, 3.05) is 26.4 Å². The van der Waals surface area contributed by atoms with Gasteiger partial charge >= 0.3 is 6.09 Å². The Morgan fingerprint density at radius 3 is 2.78 bits per heavy atom. The summed E-state index contributed by atoms with van der Waals surface area (Å²) < 4.78 is 23.7. The number of alkyl halides is 1. The second-order valence-electron chi connectivity index (χ2n) is 11.2. The summed E-state index contributed by atoms with van der Waals surface area (Å²) in [5.41, 5.74) is 4.91. The normalized spacial score (nSPS) is 16.7. The third-order valence-electron chi connectivity index (χ3n) is 7.96. The van der Waals surface area contributed by atoms with Crippen molar-refractivity contribution in [2.24, 2.45) is 13.0 Å². The number of amides is 2. The molecule has 10 nitrogen and oxygen atoms in total. The number of ether oxygens (including phenoxy) is 1. The Morgan fingerprint density at radius 2 is 2.07 bits per heavy atom. The highest BCUT2D eigenvalue weighted by Crippen LogP contribution is 2.39. The van der Waals surface area contributed by atoms with E-state index in [2.05, 4.69) is 26.6 Å². The average molecular weight is 564 g/mol. The first-order valence-corrected chi connectivity index (χ1v) is 14.0. The summed E-state index contributed by atoms with van der Waals surface area (Å²) in [4.78, 5) is 30.9. The number of hydrogen-bond donors (Lipinski definition) is 3. The van der Waals surface area contributed by atoms with Crippen LogP contribution < -0.4 is 10.1 Å². The molecule has 2 aromatic heterocycles. The third kappa shape index (κ3) is 5.21.